The van der Waals surface area contributed by atoms with Crippen LogP contribution in [0.4, 0.5) is 15.9 Å². The number of anilines is 2. The molecule has 2 amide bonds. The molecule has 0 saturated carbocycles. The van der Waals surface area contributed by atoms with Gasteiger partial charge in [-0.1, -0.05) is 6.07 Å². The van der Waals surface area contributed by atoms with Gasteiger partial charge in [-0.3, -0.25) is 9.59 Å². The molecule has 2 aliphatic heterocycles. The summed E-state index contributed by atoms with van der Waals surface area (Å²) in [6.45, 7) is 4.18. The zero-order chi connectivity index (χ0) is 24.2. The number of carbonyl (C=O) groups excluding carboxylic acids is 2. The van der Waals surface area contributed by atoms with Crippen molar-refractivity contribution in [3.63, 3.8) is 0 Å². The number of aromatic nitrogens is 2. The van der Waals surface area contributed by atoms with Crippen LogP contribution in [0.15, 0.2) is 42.5 Å². The number of sulfone groups is 1. The van der Waals surface area contributed by atoms with Crippen LogP contribution in [0.5, 0.6) is 0 Å². The van der Waals surface area contributed by atoms with Gasteiger partial charge in [0.05, 0.1) is 28.8 Å². The Morgan fingerprint density at radius 3 is 2.47 bits per heavy atom. The Morgan fingerprint density at radius 2 is 1.76 bits per heavy atom. The molecule has 1 unspecified atom stereocenters. The molecule has 10 heteroatoms. The topological polar surface area (TPSA) is 101 Å². The standard InChI is InChI=1S/C24H23FN4O4S/c1-14-3-6-19(9-15(14)2)28-11-16(10-22(28)30)24(31)26-23-20-12-34(32,33)13-21(20)27-29(23)18-7-4-17(25)5-8-18/h3-9,16H,10-13H2,1-2H3,(H,26,31). The minimum absolute atomic E-state index is 0.0456. The highest BCUT2D eigenvalue weighted by atomic mass is 32.2. The second kappa shape index (κ2) is 8.05. The molecule has 1 fully saturated rings. The second-order valence-corrected chi connectivity index (χ2v) is 10.9. The SMILES string of the molecule is Cc1ccc(N2CC(C(=O)Nc3c4c(nn3-c3ccc(F)cc3)CS(=O)(=O)C4)CC2=O)cc1C. The fraction of sp³-hybridized carbons (Fsp3) is 0.292. The lowest BCUT2D eigenvalue weighted by Gasteiger charge is -2.18. The van der Waals surface area contributed by atoms with Gasteiger partial charge in [0.2, 0.25) is 11.8 Å². The molecule has 0 spiro atoms. The van der Waals surface area contributed by atoms with Gasteiger partial charge >= 0.3 is 0 Å². The third kappa shape index (κ3) is 3.98. The van der Waals surface area contributed by atoms with Gasteiger partial charge in [0.15, 0.2) is 9.84 Å². The summed E-state index contributed by atoms with van der Waals surface area (Å²) in [4.78, 5) is 27.5. The van der Waals surface area contributed by atoms with Gasteiger partial charge in [-0.25, -0.2) is 17.5 Å². The summed E-state index contributed by atoms with van der Waals surface area (Å²) < 4.78 is 39.2. The van der Waals surface area contributed by atoms with Crippen molar-refractivity contribution in [2.24, 2.45) is 5.92 Å². The normalized spacial score (nSPS) is 18.9. The van der Waals surface area contributed by atoms with Crippen molar-refractivity contribution in [2.75, 3.05) is 16.8 Å². The Labute approximate surface area is 196 Å². The van der Waals surface area contributed by atoms with Crippen molar-refractivity contribution in [3.8, 4) is 5.69 Å². The van der Waals surface area contributed by atoms with E-state index in [1.807, 2.05) is 32.0 Å². The zero-order valence-electron chi connectivity index (χ0n) is 18.7. The molecule has 34 heavy (non-hydrogen) atoms. The van der Waals surface area contributed by atoms with Gasteiger partial charge in [-0.05, 0) is 61.4 Å². The third-order valence-corrected chi connectivity index (χ3v) is 7.84. The fourth-order valence-corrected chi connectivity index (χ4v) is 5.88. The number of hydrogen-bond acceptors (Lipinski definition) is 5. The molecule has 1 saturated heterocycles. The average molecular weight is 483 g/mol. The van der Waals surface area contributed by atoms with E-state index in [0.717, 1.165) is 16.8 Å². The number of carbonyl (C=O) groups is 2. The molecule has 1 aromatic heterocycles. The summed E-state index contributed by atoms with van der Waals surface area (Å²) in [5.41, 5.74) is 4.18. The predicted octanol–water partition coefficient (Wildman–Crippen LogP) is 3.05. The highest BCUT2D eigenvalue weighted by Crippen LogP contribution is 2.34. The van der Waals surface area contributed by atoms with E-state index in [2.05, 4.69) is 10.4 Å². The average Bonchev–Trinajstić information content (AvgIpc) is 3.41. The van der Waals surface area contributed by atoms with Crippen molar-refractivity contribution < 1.29 is 22.4 Å². The maximum Gasteiger partial charge on any atom is 0.230 e. The molecule has 0 aliphatic carbocycles. The summed E-state index contributed by atoms with van der Waals surface area (Å²) in [5.74, 6) is -1.80. The first-order valence-corrected chi connectivity index (χ1v) is 12.7. The first-order valence-electron chi connectivity index (χ1n) is 10.9. The number of fused-ring (bicyclic) bond motifs is 1. The van der Waals surface area contributed by atoms with Crippen LogP contribution in [0.25, 0.3) is 5.69 Å². The van der Waals surface area contributed by atoms with Gasteiger partial charge in [0, 0.05) is 24.2 Å². The van der Waals surface area contributed by atoms with E-state index in [4.69, 9.17) is 0 Å². The van der Waals surface area contributed by atoms with Crippen molar-refractivity contribution in [1.82, 2.24) is 9.78 Å². The van der Waals surface area contributed by atoms with Gasteiger partial charge in [-0.15, -0.1) is 0 Å². The number of halogens is 1. The van der Waals surface area contributed by atoms with Crippen LogP contribution in [-0.2, 0) is 30.9 Å². The highest BCUT2D eigenvalue weighted by Gasteiger charge is 2.38. The monoisotopic (exact) mass is 482 g/mol. The molecule has 1 N–H and O–H groups in total. The van der Waals surface area contributed by atoms with Crippen LogP contribution >= 0.6 is 0 Å². The van der Waals surface area contributed by atoms with Crippen LogP contribution in [0.3, 0.4) is 0 Å². The van der Waals surface area contributed by atoms with E-state index in [1.165, 1.54) is 28.9 Å². The van der Waals surface area contributed by atoms with Gasteiger partial charge in [0.1, 0.15) is 11.6 Å². The molecular weight excluding hydrogens is 459 g/mol. The lowest BCUT2D eigenvalue weighted by Crippen LogP contribution is -2.29. The van der Waals surface area contributed by atoms with Crippen molar-refractivity contribution in [2.45, 2.75) is 31.8 Å². The first kappa shape index (κ1) is 22.3. The molecule has 8 nitrogen and oxygen atoms in total. The van der Waals surface area contributed by atoms with Gasteiger partial charge < -0.3 is 10.2 Å². The van der Waals surface area contributed by atoms with Crippen molar-refractivity contribution in [1.29, 1.82) is 0 Å². The van der Waals surface area contributed by atoms with Crippen molar-refractivity contribution >= 4 is 33.2 Å². The predicted molar refractivity (Wildman–Crippen MR) is 125 cm³/mol. The molecule has 5 rings (SSSR count). The Morgan fingerprint density at radius 1 is 1.06 bits per heavy atom. The van der Waals surface area contributed by atoms with E-state index in [0.29, 0.717) is 16.9 Å². The number of benzene rings is 2. The molecule has 0 radical (unpaired) electrons. The van der Waals surface area contributed by atoms with Crippen LogP contribution in [-0.4, -0.2) is 36.6 Å². The van der Waals surface area contributed by atoms with E-state index in [1.54, 1.807) is 4.90 Å². The zero-order valence-corrected chi connectivity index (χ0v) is 19.5. The number of hydrogen-bond donors (Lipinski definition) is 1. The molecule has 2 aromatic carbocycles. The minimum Gasteiger partial charge on any atom is -0.312 e. The number of aryl methyl sites for hydroxylation is 2. The quantitative estimate of drug-likeness (QED) is 0.616. The Balaban J connectivity index is 1.43. The van der Waals surface area contributed by atoms with Gasteiger partial charge in [0.25, 0.3) is 0 Å². The molecular formula is C24H23FN4O4S. The number of nitrogens with one attached hydrogen (secondary N) is 1. The number of amides is 2. The van der Waals surface area contributed by atoms with Crippen molar-refractivity contribution in [3.05, 3.63) is 70.7 Å². The lowest BCUT2D eigenvalue weighted by atomic mass is 10.1. The van der Waals surface area contributed by atoms with Crippen LogP contribution in [0.1, 0.15) is 28.8 Å². The smallest absolute Gasteiger partial charge is 0.230 e. The molecule has 3 aromatic rings. The molecule has 2 aliphatic rings. The summed E-state index contributed by atoms with van der Waals surface area (Å²) in [6.07, 6.45) is 0.0456. The molecule has 1 atom stereocenters. The molecule has 0 bridgehead atoms. The Kier molecular flexibility index (Phi) is 5.27. The summed E-state index contributed by atoms with van der Waals surface area (Å²) >= 11 is 0. The molecule has 176 valence electrons. The first-order chi connectivity index (χ1) is 16.1. The molecule has 3 heterocycles. The number of nitrogens with zero attached hydrogens (tertiary/aromatic N) is 3. The van der Waals surface area contributed by atoms with E-state index < -0.39 is 27.5 Å². The van der Waals surface area contributed by atoms with E-state index in [-0.39, 0.29) is 36.2 Å². The highest BCUT2D eigenvalue weighted by molar-refractivity contribution is 7.90. The van der Waals surface area contributed by atoms with Crippen LogP contribution in [0.2, 0.25) is 0 Å². The van der Waals surface area contributed by atoms with Gasteiger partial charge in [-0.2, -0.15) is 5.10 Å². The maximum atomic E-state index is 13.4. The lowest BCUT2D eigenvalue weighted by molar-refractivity contribution is -0.122. The third-order valence-electron chi connectivity index (χ3n) is 6.40. The fourth-order valence-electron chi connectivity index (χ4n) is 4.38. The Bertz CT molecular complexity index is 1430. The summed E-state index contributed by atoms with van der Waals surface area (Å²) in [7, 11) is -3.36. The summed E-state index contributed by atoms with van der Waals surface area (Å²) in [5, 5.41) is 7.21. The van der Waals surface area contributed by atoms with E-state index >= 15 is 0 Å². The second-order valence-electron chi connectivity index (χ2n) is 8.86. The minimum atomic E-state index is -3.36. The largest absolute Gasteiger partial charge is 0.312 e. The number of rotatable bonds is 4. The maximum absolute atomic E-state index is 13.4. The van der Waals surface area contributed by atoms with Crippen LogP contribution < -0.4 is 10.2 Å². The van der Waals surface area contributed by atoms with E-state index in [9.17, 15) is 22.4 Å². The summed E-state index contributed by atoms with van der Waals surface area (Å²) in [6, 6.07) is 11.3. The van der Waals surface area contributed by atoms with Crippen LogP contribution in [0, 0.1) is 25.6 Å². The Hall–Kier alpha value is -3.53.